The van der Waals surface area contributed by atoms with Crippen LogP contribution in [0.2, 0.25) is 0 Å². The van der Waals surface area contributed by atoms with Crippen molar-refractivity contribution in [3.8, 4) is 0 Å². The Morgan fingerprint density at radius 1 is 1.41 bits per heavy atom. The van der Waals surface area contributed by atoms with Crippen molar-refractivity contribution in [2.45, 2.75) is 50.7 Å². The van der Waals surface area contributed by atoms with E-state index in [9.17, 15) is 9.18 Å². The molecule has 2 unspecified atom stereocenters. The average Bonchev–Trinajstić information content (AvgIpc) is 2.73. The van der Waals surface area contributed by atoms with Crippen molar-refractivity contribution >= 4 is 17.7 Å². The Labute approximate surface area is 137 Å². The van der Waals surface area contributed by atoms with E-state index in [0.29, 0.717) is 17.2 Å². The molecule has 1 aliphatic heterocycles. The molecular formula is C18H26FNOS. The molecule has 1 saturated heterocycles. The molecule has 0 radical (unpaired) electrons. The van der Waals surface area contributed by atoms with Crippen LogP contribution in [-0.2, 0) is 4.79 Å². The summed E-state index contributed by atoms with van der Waals surface area (Å²) in [6.07, 6.45) is 3.88. The number of hydrogen-bond donors (Lipinski definition) is 0. The molecule has 0 saturated carbocycles. The van der Waals surface area contributed by atoms with E-state index in [2.05, 4.69) is 6.92 Å². The molecule has 2 rings (SSSR count). The maximum atomic E-state index is 13.8. The smallest absolute Gasteiger partial charge is 0.223 e. The maximum Gasteiger partial charge on any atom is 0.223 e. The molecule has 0 spiro atoms. The number of thioether (sulfide) groups is 1. The minimum Gasteiger partial charge on any atom is -0.342 e. The highest BCUT2D eigenvalue weighted by Gasteiger charge is 2.24. The Kier molecular flexibility index (Phi) is 6.74. The van der Waals surface area contributed by atoms with Crippen molar-refractivity contribution in [2.75, 3.05) is 18.8 Å². The fourth-order valence-electron chi connectivity index (χ4n) is 3.08. The average molecular weight is 323 g/mol. The first kappa shape index (κ1) is 17.3. The van der Waals surface area contributed by atoms with Crippen LogP contribution in [0.25, 0.3) is 0 Å². The zero-order valence-corrected chi connectivity index (χ0v) is 14.4. The number of carbonyl (C=O) groups is 1. The first-order valence-corrected chi connectivity index (χ1v) is 9.30. The number of benzene rings is 1. The molecule has 22 heavy (non-hydrogen) atoms. The summed E-state index contributed by atoms with van der Waals surface area (Å²) in [5, 5.41) is 0.556. The van der Waals surface area contributed by atoms with E-state index in [1.54, 1.807) is 12.1 Å². The molecule has 1 amide bonds. The lowest BCUT2D eigenvalue weighted by molar-refractivity contribution is -0.131. The van der Waals surface area contributed by atoms with Gasteiger partial charge in [0, 0.05) is 24.8 Å². The van der Waals surface area contributed by atoms with Crippen LogP contribution in [0.1, 0.15) is 51.0 Å². The van der Waals surface area contributed by atoms with Gasteiger partial charge >= 0.3 is 0 Å². The van der Waals surface area contributed by atoms with Gasteiger partial charge in [0.05, 0.1) is 0 Å². The van der Waals surface area contributed by atoms with E-state index < -0.39 is 0 Å². The van der Waals surface area contributed by atoms with Gasteiger partial charge in [-0.25, -0.2) is 4.39 Å². The number of likely N-dealkylation sites (tertiary alicyclic amines) is 1. The van der Waals surface area contributed by atoms with Crippen LogP contribution < -0.4 is 0 Å². The van der Waals surface area contributed by atoms with E-state index >= 15 is 0 Å². The van der Waals surface area contributed by atoms with Gasteiger partial charge in [-0.1, -0.05) is 38.5 Å². The fourth-order valence-corrected chi connectivity index (χ4v) is 4.17. The molecule has 1 aromatic rings. The third-order valence-electron chi connectivity index (χ3n) is 4.30. The van der Waals surface area contributed by atoms with Crippen molar-refractivity contribution in [2.24, 2.45) is 0 Å². The molecule has 0 N–H and O–H groups in total. The molecule has 1 heterocycles. The summed E-state index contributed by atoms with van der Waals surface area (Å²) in [4.78, 5) is 14.6. The van der Waals surface area contributed by atoms with Gasteiger partial charge in [-0.2, -0.15) is 11.8 Å². The second-order valence-electron chi connectivity index (χ2n) is 6.04. The van der Waals surface area contributed by atoms with Gasteiger partial charge in [0.1, 0.15) is 5.82 Å². The Morgan fingerprint density at radius 3 is 2.91 bits per heavy atom. The predicted molar refractivity (Wildman–Crippen MR) is 91.8 cm³/mol. The molecule has 2 atom stereocenters. The number of hydrogen-bond acceptors (Lipinski definition) is 2. The third-order valence-corrected chi connectivity index (χ3v) is 5.49. The predicted octanol–water partition coefficient (Wildman–Crippen LogP) is 4.45. The van der Waals surface area contributed by atoms with Gasteiger partial charge in [0.15, 0.2) is 0 Å². The minimum atomic E-state index is -0.210. The molecule has 0 bridgehead atoms. The van der Waals surface area contributed by atoms with Crippen molar-refractivity contribution in [3.05, 3.63) is 35.6 Å². The Hall–Kier alpha value is -1.03. The largest absolute Gasteiger partial charge is 0.342 e. The van der Waals surface area contributed by atoms with Crippen molar-refractivity contribution in [3.63, 3.8) is 0 Å². The second kappa shape index (κ2) is 8.56. The van der Waals surface area contributed by atoms with Gasteiger partial charge in [-0.15, -0.1) is 0 Å². The lowest BCUT2D eigenvalue weighted by Crippen LogP contribution is -2.36. The first-order chi connectivity index (χ1) is 10.6. The van der Waals surface area contributed by atoms with Crippen LogP contribution in [0.3, 0.4) is 0 Å². The van der Waals surface area contributed by atoms with Crippen molar-refractivity contribution in [1.82, 2.24) is 4.90 Å². The summed E-state index contributed by atoms with van der Waals surface area (Å²) in [6, 6.07) is 6.77. The molecule has 0 aromatic heterocycles. The Morgan fingerprint density at radius 2 is 2.18 bits per heavy atom. The standard InChI is InChI=1S/C18H26FNOS/c1-3-22-15-8-6-7-11-20(13-15)18(21)12-14(2)16-9-4-5-10-17(16)19/h4-5,9-10,14-15H,3,6-8,11-13H2,1-2H3. The highest BCUT2D eigenvalue weighted by molar-refractivity contribution is 7.99. The van der Waals surface area contributed by atoms with Crippen LogP contribution in [0.5, 0.6) is 0 Å². The number of halogens is 1. The molecule has 4 heteroatoms. The van der Waals surface area contributed by atoms with Crippen molar-refractivity contribution in [1.29, 1.82) is 0 Å². The molecule has 122 valence electrons. The summed E-state index contributed by atoms with van der Waals surface area (Å²) < 4.78 is 13.8. The van der Waals surface area contributed by atoms with E-state index in [1.165, 1.54) is 18.9 Å². The first-order valence-electron chi connectivity index (χ1n) is 8.25. The highest BCUT2D eigenvalue weighted by Crippen LogP contribution is 2.26. The Balaban J connectivity index is 1.97. The number of rotatable bonds is 5. The molecule has 0 aliphatic carbocycles. The van der Waals surface area contributed by atoms with Crippen LogP contribution >= 0.6 is 11.8 Å². The number of amides is 1. The maximum absolute atomic E-state index is 13.8. The highest BCUT2D eigenvalue weighted by atomic mass is 32.2. The summed E-state index contributed by atoms with van der Waals surface area (Å²) >= 11 is 1.95. The van der Waals surface area contributed by atoms with E-state index in [1.807, 2.05) is 29.7 Å². The van der Waals surface area contributed by atoms with Crippen molar-refractivity contribution < 1.29 is 9.18 Å². The molecule has 1 aliphatic rings. The third kappa shape index (κ3) is 4.73. The lowest BCUT2D eigenvalue weighted by atomic mass is 9.96. The summed E-state index contributed by atoms with van der Waals surface area (Å²) in [7, 11) is 0. The Bertz CT molecular complexity index is 494. The van der Waals surface area contributed by atoms with E-state index in [4.69, 9.17) is 0 Å². The fraction of sp³-hybridized carbons (Fsp3) is 0.611. The van der Waals surface area contributed by atoms with Gasteiger partial charge in [0.2, 0.25) is 5.91 Å². The summed E-state index contributed by atoms with van der Waals surface area (Å²) in [5.41, 5.74) is 0.644. The number of carbonyl (C=O) groups excluding carboxylic acids is 1. The number of nitrogens with zero attached hydrogens (tertiary/aromatic N) is 1. The van der Waals surface area contributed by atoms with Gasteiger partial charge < -0.3 is 4.90 Å². The van der Waals surface area contributed by atoms with Crippen LogP contribution in [-0.4, -0.2) is 34.9 Å². The van der Waals surface area contributed by atoms with E-state index in [0.717, 1.165) is 25.3 Å². The lowest BCUT2D eigenvalue weighted by Gasteiger charge is -2.25. The molecule has 2 nitrogen and oxygen atoms in total. The summed E-state index contributed by atoms with van der Waals surface area (Å²) in [5.74, 6) is 0.977. The molecular weight excluding hydrogens is 297 g/mol. The normalized spacial score (nSPS) is 20.5. The quantitative estimate of drug-likeness (QED) is 0.797. The SMILES string of the molecule is CCSC1CCCCN(C(=O)CC(C)c2ccccc2F)C1. The van der Waals surface area contributed by atoms with Gasteiger partial charge in [-0.3, -0.25) is 4.79 Å². The van der Waals surface area contributed by atoms with Crippen LogP contribution in [0.4, 0.5) is 4.39 Å². The zero-order valence-electron chi connectivity index (χ0n) is 13.6. The molecule has 1 fully saturated rings. The van der Waals surface area contributed by atoms with E-state index in [-0.39, 0.29) is 17.6 Å². The topological polar surface area (TPSA) is 20.3 Å². The summed E-state index contributed by atoms with van der Waals surface area (Å²) in [6.45, 7) is 5.80. The zero-order chi connectivity index (χ0) is 15.9. The molecule has 1 aromatic carbocycles. The monoisotopic (exact) mass is 323 g/mol. The van der Waals surface area contributed by atoms with Gasteiger partial charge in [0.25, 0.3) is 0 Å². The van der Waals surface area contributed by atoms with Gasteiger partial charge in [-0.05, 0) is 36.1 Å². The second-order valence-corrected chi connectivity index (χ2v) is 7.62. The minimum absolute atomic E-state index is 0.0748. The van der Waals surface area contributed by atoms with Crippen LogP contribution in [0, 0.1) is 5.82 Å². The van der Waals surface area contributed by atoms with Crippen LogP contribution in [0.15, 0.2) is 24.3 Å².